The van der Waals surface area contributed by atoms with Crippen LogP contribution in [0.2, 0.25) is 0 Å². The van der Waals surface area contributed by atoms with E-state index in [4.69, 9.17) is 20.6 Å². The molecule has 0 saturated heterocycles. The highest BCUT2D eigenvalue weighted by Gasteiger charge is 2.17. The van der Waals surface area contributed by atoms with Crippen LogP contribution < -0.4 is 16.2 Å². The summed E-state index contributed by atoms with van der Waals surface area (Å²) in [6.07, 6.45) is 1.55. The second kappa shape index (κ2) is 5.56. The van der Waals surface area contributed by atoms with Gasteiger partial charge in [-0.25, -0.2) is 4.98 Å². The van der Waals surface area contributed by atoms with Crippen molar-refractivity contribution < 1.29 is 9.15 Å². The molecule has 1 unspecified atom stereocenters. The minimum absolute atomic E-state index is 0.195. The topological polar surface area (TPSA) is 113 Å². The first kappa shape index (κ1) is 12.5. The summed E-state index contributed by atoms with van der Waals surface area (Å²) in [5, 5.41) is 0. The number of nitrogens with two attached hydrogens (primary N) is 2. The zero-order valence-electron chi connectivity index (χ0n) is 10.0. The predicted octanol–water partition coefficient (Wildman–Crippen LogP) is 0.370. The van der Waals surface area contributed by atoms with Gasteiger partial charge in [-0.2, -0.15) is 9.97 Å². The standard InChI is InChI=1S/C11H15N5O2/c1-2-17-11-15-8(6-12)14-10(16-11)9(13)7-4-3-5-18-7/h3-5,9H,2,6,12-13H2,1H3. The number of rotatable bonds is 5. The normalized spacial score (nSPS) is 12.4. The molecule has 7 heteroatoms. The summed E-state index contributed by atoms with van der Waals surface area (Å²) in [5.41, 5.74) is 11.5. The highest BCUT2D eigenvalue weighted by atomic mass is 16.5. The molecule has 18 heavy (non-hydrogen) atoms. The lowest BCUT2D eigenvalue weighted by Crippen LogP contribution is -2.18. The van der Waals surface area contributed by atoms with Crippen LogP contribution in [0, 0.1) is 0 Å². The Kier molecular flexibility index (Phi) is 3.85. The van der Waals surface area contributed by atoms with Gasteiger partial charge in [-0.1, -0.05) is 0 Å². The number of hydrogen-bond donors (Lipinski definition) is 2. The van der Waals surface area contributed by atoms with Crippen LogP contribution in [-0.2, 0) is 6.54 Å². The van der Waals surface area contributed by atoms with Crippen LogP contribution in [0.1, 0.15) is 30.4 Å². The van der Waals surface area contributed by atoms with E-state index in [1.54, 1.807) is 18.4 Å². The van der Waals surface area contributed by atoms with Crippen LogP contribution >= 0.6 is 0 Å². The first-order valence-electron chi connectivity index (χ1n) is 5.61. The molecule has 0 bridgehead atoms. The third-order valence-electron chi connectivity index (χ3n) is 2.26. The SMILES string of the molecule is CCOc1nc(CN)nc(C(N)c2ccco2)n1. The van der Waals surface area contributed by atoms with Crippen molar-refractivity contribution in [2.24, 2.45) is 11.5 Å². The maximum Gasteiger partial charge on any atom is 0.320 e. The monoisotopic (exact) mass is 249 g/mol. The summed E-state index contributed by atoms with van der Waals surface area (Å²) in [7, 11) is 0. The Morgan fingerprint density at radius 2 is 2.22 bits per heavy atom. The van der Waals surface area contributed by atoms with Crippen LogP contribution in [0.15, 0.2) is 22.8 Å². The quantitative estimate of drug-likeness (QED) is 0.786. The van der Waals surface area contributed by atoms with E-state index in [0.717, 1.165) is 0 Å². The lowest BCUT2D eigenvalue weighted by Gasteiger charge is -2.10. The molecule has 0 fully saturated rings. The maximum atomic E-state index is 6.01. The number of hydrogen-bond acceptors (Lipinski definition) is 7. The lowest BCUT2D eigenvalue weighted by molar-refractivity contribution is 0.307. The molecule has 2 heterocycles. The minimum Gasteiger partial charge on any atom is -0.467 e. The number of aromatic nitrogens is 3. The van der Waals surface area contributed by atoms with Crippen molar-refractivity contribution in [3.8, 4) is 6.01 Å². The fourth-order valence-corrected chi connectivity index (χ4v) is 1.44. The van der Waals surface area contributed by atoms with E-state index in [9.17, 15) is 0 Å². The van der Waals surface area contributed by atoms with Crippen molar-refractivity contribution in [2.75, 3.05) is 6.61 Å². The molecule has 7 nitrogen and oxygen atoms in total. The molecule has 0 saturated carbocycles. The predicted molar refractivity (Wildman–Crippen MR) is 63.6 cm³/mol. The smallest absolute Gasteiger partial charge is 0.320 e. The highest BCUT2D eigenvalue weighted by molar-refractivity contribution is 5.15. The van der Waals surface area contributed by atoms with E-state index in [1.807, 2.05) is 6.92 Å². The summed E-state index contributed by atoms with van der Waals surface area (Å²) < 4.78 is 10.5. The second-order valence-electron chi connectivity index (χ2n) is 3.52. The number of nitrogens with zero attached hydrogens (tertiary/aromatic N) is 3. The Morgan fingerprint density at radius 3 is 2.83 bits per heavy atom. The summed E-state index contributed by atoms with van der Waals surface area (Å²) in [4.78, 5) is 12.4. The van der Waals surface area contributed by atoms with Crippen molar-refractivity contribution in [1.82, 2.24) is 15.0 Å². The molecule has 2 aromatic rings. The Labute approximate surface area is 104 Å². The average molecular weight is 249 g/mol. The highest BCUT2D eigenvalue weighted by Crippen LogP contribution is 2.18. The van der Waals surface area contributed by atoms with Gasteiger partial charge < -0.3 is 20.6 Å². The third-order valence-corrected chi connectivity index (χ3v) is 2.26. The molecule has 2 rings (SSSR count). The van der Waals surface area contributed by atoms with Crippen molar-refractivity contribution in [3.63, 3.8) is 0 Å². The molecular formula is C11H15N5O2. The van der Waals surface area contributed by atoms with Gasteiger partial charge in [0, 0.05) is 0 Å². The van der Waals surface area contributed by atoms with Gasteiger partial charge in [0.15, 0.2) is 5.82 Å². The van der Waals surface area contributed by atoms with Crippen molar-refractivity contribution in [3.05, 3.63) is 35.8 Å². The zero-order chi connectivity index (χ0) is 13.0. The van der Waals surface area contributed by atoms with Crippen molar-refractivity contribution in [1.29, 1.82) is 0 Å². The molecule has 4 N–H and O–H groups in total. The molecule has 1 atom stereocenters. The molecule has 0 radical (unpaired) electrons. The van der Waals surface area contributed by atoms with Gasteiger partial charge in [0.1, 0.15) is 17.6 Å². The Bertz CT molecular complexity index is 500. The average Bonchev–Trinajstić information content (AvgIpc) is 2.91. The molecule has 0 aliphatic rings. The Morgan fingerprint density at radius 1 is 1.39 bits per heavy atom. The Hall–Kier alpha value is -1.99. The van der Waals surface area contributed by atoms with E-state index in [-0.39, 0.29) is 12.6 Å². The summed E-state index contributed by atoms with van der Waals surface area (Å²) in [5.74, 6) is 1.39. The second-order valence-corrected chi connectivity index (χ2v) is 3.52. The molecule has 2 aromatic heterocycles. The fraction of sp³-hybridized carbons (Fsp3) is 0.364. The first-order chi connectivity index (χ1) is 8.74. The summed E-state index contributed by atoms with van der Waals surface area (Å²) in [6, 6.07) is 3.18. The van der Waals surface area contributed by atoms with E-state index in [1.165, 1.54) is 0 Å². The van der Waals surface area contributed by atoms with Crippen LogP contribution in [0.3, 0.4) is 0 Å². The van der Waals surface area contributed by atoms with Gasteiger partial charge in [0.25, 0.3) is 0 Å². The Balaban J connectivity index is 2.34. The lowest BCUT2D eigenvalue weighted by atomic mass is 10.2. The van der Waals surface area contributed by atoms with Crippen molar-refractivity contribution >= 4 is 0 Å². The number of ether oxygens (including phenoxy) is 1. The van der Waals surface area contributed by atoms with Crippen LogP contribution in [0.4, 0.5) is 0 Å². The third kappa shape index (κ3) is 2.63. The minimum atomic E-state index is -0.562. The van der Waals surface area contributed by atoms with Gasteiger partial charge in [0.2, 0.25) is 0 Å². The largest absolute Gasteiger partial charge is 0.467 e. The molecule has 0 amide bonds. The summed E-state index contributed by atoms with van der Waals surface area (Å²) >= 11 is 0. The summed E-state index contributed by atoms with van der Waals surface area (Å²) in [6.45, 7) is 2.50. The van der Waals surface area contributed by atoms with E-state index in [2.05, 4.69) is 15.0 Å². The van der Waals surface area contributed by atoms with E-state index in [0.29, 0.717) is 24.0 Å². The van der Waals surface area contributed by atoms with Gasteiger partial charge in [-0.3, -0.25) is 0 Å². The number of furan rings is 1. The van der Waals surface area contributed by atoms with Crippen LogP contribution in [-0.4, -0.2) is 21.6 Å². The zero-order valence-corrected chi connectivity index (χ0v) is 10.0. The maximum absolute atomic E-state index is 6.01. The molecular weight excluding hydrogens is 234 g/mol. The fourth-order valence-electron chi connectivity index (χ4n) is 1.44. The van der Waals surface area contributed by atoms with Crippen LogP contribution in [0.25, 0.3) is 0 Å². The molecule has 0 aromatic carbocycles. The molecule has 0 spiro atoms. The molecule has 96 valence electrons. The van der Waals surface area contributed by atoms with Gasteiger partial charge in [0.05, 0.1) is 19.4 Å². The van der Waals surface area contributed by atoms with Gasteiger partial charge in [-0.05, 0) is 19.1 Å². The van der Waals surface area contributed by atoms with Crippen molar-refractivity contribution in [2.45, 2.75) is 19.5 Å². The molecule has 0 aliphatic heterocycles. The van der Waals surface area contributed by atoms with Gasteiger partial charge >= 0.3 is 6.01 Å². The van der Waals surface area contributed by atoms with E-state index >= 15 is 0 Å². The van der Waals surface area contributed by atoms with Crippen LogP contribution in [0.5, 0.6) is 6.01 Å². The first-order valence-corrected chi connectivity index (χ1v) is 5.61. The van der Waals surface area contributed by atoms with E-state index < -0.39 is 6.04 Å². The molecule has 0 aliphatic carbocycles. The van der Waals surface area contributed by atoms with Gasteiger partial charge in [-0.15, -0.1) is 0 Å².